The number of rotatable bonds is 13. The minimum absolute atomic E-state index is 0.0908. The van der Waals surface area contributed by atoms with E-state index in [4.69, 9.17) is 94.2 Å². The van der Waals surface area contributed by atoms with E-state index in [1.807, 2.05) is 148 Å². The number of terminal acetylenes is 1. The fraction of sp³-hybridized carbons (Fsp3) is 0.352. The van der Waals surface area contributed by atoms with Crippen LogP contribution in [0.2, 0.25) is 35.2 Å². The highest BCUT2D eigenvalue weighted by Crippen LogP contribution is 2.36. The standard InChI is InChI=1S/C11H11Br.C10H10BrN.3C10H13Br.2C10H13Cl.C9H9BrClF.C9H10BrCl.C9H9BrF2.C9H10BrF.C9H10Cl2.C9H10ClF/c1-4-9-7-10(8(2)3)5-6-11(9)12;1-7(2)8-4-5-9(11)10(6-8)12-3;5*1-7(2)9-4-5-10(11)8(3)6-9;1-5(2)6-3-7(11)9(10)8(12)4-6;1-6(2)7-3-4-8(10)9(11)5-7;1-5(2)6-3-7(11)9(10)8(12)4-6;3*1-6(2)7-3-4-8(10)9(11)5-7/h1,5-8H,2-3H3;4-7H,1-2H3;5*4-7H,1-3H3;3-5H,1-2H3;3-6H,1-2H3;3-5H,1-2H3;3*3-6H,1-2H3. The first-order valence-corrected chi connectivity index (χ1v) is 58.4. The summed E-state index contributed by atoms with van der Waals surface area (Å²) < 4.78 is 71.8. The molecule has 147 heavy (non-hydrogen) atoms. The van der Waals surface area contributed by atoms with Gasteiger partial charge in [-0.3, -0.25) is 0 Å². The van der Waals surface area contributed by atoms with E-state index in [0.717, 1.165) is 61.9 Å². The van der Waals surface area contributed by atoms with Crippen LogP contribution in [-0.2, 0) is 0 Å². The molecular formula is C125H144Br9Cl7F5N. The third kappa shape index (κ3) is 53.3. The van der Waals surface area contributed by atoms with Crippen molar-refractivity contribution in [1.29, 1.82) is 0 Å². The van der Waals surface area contributed by atoms with Crippen molar-refractivity contribution in [3.63, 3.8) is 0 Å². The highest BCUT2D eigenvalue weighted by molar-refractivity contribution is 9.12. The lowest BCUT2D eigenvalue weighted by Gasteiger charge is -2.07. The molecule has 0 N–H and O–H groups in total. The highest BCUT2D eigenvalue weighted by atomic mass is 79.9. The van der Waals surface area contributed by atoms with Crippen molar-refractivity contribution in [3.05, 3.63) is 446 Å². The Hall–Kier alpha value is -5.09. The molecule has 0 heterocycles. The van der Waals surface area contributed by atoms with Gasteiger partial charge in [0.05, 0.1) is 45.1 Å². The van der Waals surface area contributed by atoms with Crippen molar-refractivity contribution in [1.82, 2.24) is 0 Å². The summed E-state index contributed by atoms with van der Waals surface area (Å²) in [7, 11) is 0. The molecule has 0 aromatic heterocycles. The number of benzene rings is 13. The molecule has 13 aromatic rings. The van der Waals surface area contributed by atoms with Crippen molar-refractivity contribution in [2.75, 3.05) is 0 Å². The average Bonchev–Trinajstić information content (AvgIpc) is 0.843. The fourth-order valence-corrected chi connectivity index (χ4v) is 15.9. The van der Waals surface area contributed by atoms with Crippen molar-refractivity contribution < 1.29 is 22.0 Å². The van der Waals surface area contributed by atoms with Gasteiger partial charge in [0, 0.05) is 42.4 Å². The van der Waals surface area contributed by atoms with Gasteiger partial charge >= 0.3 is 0 Å². The van der Waals surface area contributed by atoms with E-state index in [1.54, 1.807) is 24.3 Å². The number of aryl methyl sites for hydroxylation is 5. The van der Waals surface area contributed by atoms with E-state index in [0.29, 0.717) is 106 Å². The first-order valence-electron chi connectivity index (χ1n) is 48.6. The van der Waals surface area contributed by atoms with Crippen LogP contribution < -0.4 is 0 Å². The largest absolute Gasteiger partial charge is 0.237 e. The van der Waals surface area contributed by atoms with Crippen LogP contribution in [0.25, 0.3) is 4.85 Å². The second-order valence-electron chi connectivity index (χ2n) is 39.1. The van der Waals surface area contributed by atoms with Gasteiger partial charge in [0.25, 0.3) is 0 Å². The average molecular weight is 2720 g/mol. The van der Waals surface area contributed by atoms with Crippen LogP contribution in [-0.4, -0.2) is 0 Å². The molecule has 0 amide bonds. The lowest BCUT2D eigenvalue weighted by molar-refractivity contribution is 0.566. The van der Waals surface area contributed by atoms with Crippen molar-refractivity contribution in [3.8, 4) is 12.3 Å². The third-order valence-corrected chi connectivity index (χ3v) is 32.5. The first-order chi connectivity index (χ1) is 68.3. The zero-order valence-corrected chi connectivity index (χ0v) is 110. The van der Waals surface area contributed by atoms with Crippen molar-refractivity contribution in [2.45, 2.75) is 292 Å². The number of hydrogen-bond donors (Lipinski definition) is 0. The second kappa shape index (κ2) is 71.9. The Balaban J connectivity index is 0.000000796. The SMILES string of the molecule is C#Cc1cc(C(C)C)ccc1Br.CC(C)c1cc(F)c(Br)c(Cl)c1.CC(C)c1cc(F)c(Br)c(F)c1.CC(C)c1ccc(Br)c(Cl)c1.CC(C)c1ccc(Br)c(F)c1.CC(C)c1ccc(Cl)c(Cl)c1.CC(C)c1ccc(Cl)c(F)c1.Cc1cc(C(C)C)ccc1Br.Cc1cc(C(C)C)ccc1Br.Cc1cc(C(C)C)ccc1Br.Cc1cc(C(C)C)ccc1Cl.Cc1cc(C(C)C)ccc1Cl.[C-]#[N+]c1cc(C(C)C)ccc1Br. The fourth-order valence-electron chi connectivity index (χ4n) is 12.4. The maximum atomic E-state index is 13.1. The molecule has 796 valence electrons. The number of nitrogens with zero attached hydrogens (tertiary/aromatic N) is 1. The van der Waals surface area contributed by atoms with Crippen LogP contribution in [0.5, 0.6) is 0 Å². The second-order valence-corrected chi connectivity index (χ2v) is 49.5. The van der Waals surface area contributed by atoms with E-state index in [9.17, 15) is 22.0 Å². The Kier molecular flexibility index (Phi) is 68.4. The molecule has 0 fully saturated rings. The maximum Gasteiger partial charge on any atom is 0.201 e. The smallest absolute Gasteiger partial charge is 0.201 e. The van der Waals surface area contributed by atoms with Gasteiger partial charge in [-0.05, 0) is 401 Å². The number of hydrogen-bond acceptors (Lipinski definition) is 0. The van der Waals surface area contributed by atoms with Crippen LogP contribution in [0, 0.1) is 82.6 Å². The lowest BCUT2D eigenvalue weighted by Crippen LogP contribution is -1.92. The number of halogens is 21. The summed E-state index contributed by atoms with van der Waals surface area (Å²) in [6.07, 6.45) is 5.34. The minimum atomic E-state index is -0.543. The molecule has 13 aromatic carbocycles. The maximum absolute atomic E-state index is 13.1. The predicted molar refractivity (Wildman–Crippen MR) is 669 cm³/mol. The van der Waals surface area contributed by atoms with E-state index >= 15 is 0 Å². The summed E-state index contributed by atoms with van der Waals surface area (Å²) >= 11 is 70.0. The molecule has 0 saturated heterocycles. The van der Waals surface area contributed by atoms with Crippen LogP contribution in [0.3, 0.4) is 0 Å². The van der Waals surface area contributed by atoms with Crippen LogP contribution in [0.15, 0.2) is 265 Å². The zero-order chi connectivity index (χ0) is 113. The molecule has 0 atom stereocenters. The minimum Gasteiger partial charge on any atom is -0.237 e. The topological polar surface area (TPSA) is 4.36 Å². The molecule has 1 nitrogen and oxygen atoms in total. The van der Waals surface area contributed by atoms with E-state index < -0.39 is 11.6 Å². The molecule has 0 radical (unpaired) electrons. The molecule has 0 aliphatic heterocycles. The molecule has 22 heteroatoms. The van der Waals surface area contributed by atoms with E-state index in [2.05, 4.69) is 397 Å². The summed E-state index contributed by atoms with van der Waals surface area (Å²) in [6.45, 7) is 72.4. The van der Waals surface area contributed by atoms with Gasteiger partial charge in [-0.15, -0.1) is 6.42 Å². The Labute approximate surface area is 991 Å². The summed E-state index contributed by atoms with van der Waals surface area (Å²) in [5.74, 6) is 7.03. The summed E-state index contributed by atoms with van der Waals surface area (Å²) in [4.78, 5) is 3.42. The molecule has 0 aliphatic carbocycles. The molecule has 0 aliphatic rings. The summed E-state index contributed by atoms with van der Waals surface area (Å²) in [5.41, 5.74) is 23.4. The Morgan fingerprint density at radius 2 is 0.435 bits per heavy atom. The van der Waals surface area contributed by atoms with Crippen molar-refractivity contribution in [2.24, 2.45) is 0 Å². The van der Waals surface area contributed by atoms with Gasteiger partial charge in [0.15, 0.2) is 0 Å². The Morgan fingerprint density at radius 1 is 0.211 bits per heavy atom. The highest BCUT2D eigenvalue weighted by Gasteiger charge is 2.15. The Bertz CT molecular complexity index is 5370. The first kappa shape index (κ1) is 140. The third-order valence-electron chi connectivity index (χ3n) is 22.6. The molecular weight excluding hydrogens is 2580 g/mol. The van der Waals surface area contributed by atoms with Gasteiger partial charge in [0.1, 0.15) is 29.1 Å². The lowest BCUT2D eigenvalue weighted by atomic mass is 10.0. The molecule has 0 saturated carbocycles. The molecule has 13 rings (SSSR count). The van der Waals surface area contributed by atoms with Gasteiger partial charge in [-0.2, -0.15) is 0 Å². The monoisotopic (exact) mass is 2710 g/mol. The molecule has 0 unspecified atom stereocenters. The van der Waals surface area contributed by atoms with Gasteiger partial charge in [0.2, 0.25) is 5.69 Å². The van der Waals surface area contributed by atoms with Crippen LogP contribution in [0.1, 0.15) is 363 Å². The van der Waals surface area contributed by atoms with E-state index in [-0.39, 0.29) is 32.9 Å². The summed E-state index contributed by atoms with van der Waals surface area (Å²) in [5, 5.41) is 4.38. The van der Waals surface area contributed by atoms with E-state index in [1.165, 1.54) is 104 Å². The van der Waals surface area contributed by atoms with Gasteiger partial charge < -0.3 is 0 Å². The molecule has 0 spiro atoms. The van der Waals surface area contributed by atoms with Gasteiger partial charge in [-0.25, -0.2) is 26.8 Å². The van der Waals surface area contributed by atoms with Crippen LogP contribution in [0.4, 0.5) is 27.6 Å². The van der Waals surface area contributed by atoms with Gasteiger partial charge in [-0.1, -0.05) is 446 Å². The molecule has 0 bridgehead atoms. The zero-order valence-electron chi connectivity index (χ0n) is 90.3. The Morgan fingerprint density at radius 3 is 0.714 bits per heavy atom. The van der Waals surface area contributed by atoms with Crippen molar-refractivity contribution >= 4 is 230 Å². The predicted octanol–water partition coefficient (Wildman–Crippen LogP) is 50.7. The summed E-state index contributed by atoms with van der Waals surface area (Å²) in [6, 6.07) is 71.9. The normalized spacial score (nSPS) is 10.6. The van der Waals surface area contributed by atoms with Crippen LogP contribution >= 0.6 is 225 Å². The quantitative estimate of drug-likeness (QED) is 0.0469.